The fourth-order valence-electron chi connectivity index (χ4n) is 4.92. The number of nitriles is 2. The Hall–Kier alpha value is -5.78. The third-order valence-electron chi connectivity index (χ3n) is 7.30. The van der Waals surface area contributed by atoms with Crippen LogP contribution < -0.4 is 14.2 Å². The van der Waals surface area contributed by atoms with Crippen molar-refractivity contribution in [3.8, 4) is 57.4 Å². The Morgan fingerprint density at radius 3 is 1.32 bits per heavy atom. The van der Waals surface area contributed by atoms with Crippen molar-refractivity contribution in [2.24, 2.45) is 0 Å². The Balaban J connectivity index is 2.06. The number of nitrogens with zero attached hydrogens (tertiary/aromatic N) is 4. The molecule has 0 aliphatic carbocycles. The molecule has 0 amide bonds. The summed E-state index contributed by atoms with van der Waals surface area (Å²) >= 11 is 12.7. The quantitative estimate of drug-likeness (QED) is 0.0524. The molecular weight excluding hydrogens is 761 g/mol. The summed E-state index contributed by atoms with van der Waals surface area (Å²) in [6.07, 6.45) is -9.58. The summed E-state index contributed by atoms with van der Waals surface area (Å²) < 4.78 is 99.1. The second-order valence-corrected chi connectivity index (χ2v) is 11.6. The molecule has 0 spiro atoms. The van der Waals surface area contributed by atoms with Crippen LogP contribution in [-0.4, -0.2) is 23.1 Å². The van der Waals surface area contributed by atoms with Crippen LogP contribution in [0.4, 0.5) is 37.7 Å². The molecule has 4 aromatic rings. The summed E-state index contributed by atoms with van der Waals surface area (Å²) in [6, 6.07) is 11.9. The zero-order chi connectivity index (χ0) is 39.1. The Morgan fingerprint density at radius 2 is 1.02 bits per heavy atom. The van der Waals surface area contributed by atoms with Gasteiger partial charge in [-0.25, -0.2) is 0 Å². The largest absolute Gasteiger partial charge is 0.486 e. The first-order chi connectivity index (χ1) is 25.0. The highest BCUT2D eigenvalue weighted by Gasteiger charge is 2.35. The van der Waals surface area contributed by atoms with Crippen LogP contribution in [0.1, 0.15) is 36.8 Å². The number of unbranched alkanes of at least 4 members (excludes halogenated alkanes) is 2. The molecule has 0 atom stereocenters. The van der Waals surface area contributed by atoms with E-state index in [4.69, 9.17) is 47.9 Å². The van der Waals surface area contributed by atoms with Crippen LogP contribution in [-0.2, 0) is 12.4 Å². The maximum Gasteiger partial charge on any atom is 0.416 e. The van der Waals surface area contributed by atoms with Gasteiger partial charge in [0.2, 0.25) is 11.5 Å². The summed E-state index contributed by atoms with van der Waals surface area (Å²) in [5.74, 6) is -1.81. The normalized spacial score (nSPS) is 11.4. The fourth-order valence-corrected chi connectivity index (χ4v) is 5.47. The number of nitro benzene ring substituents is 2. The number of nitro groups is 2. The van der Waals surface area contributed by atoms with Crippen molar-refractivity contribution in [3.05, 3.63) is 102 Å². The average molecular weight is 783 g/mol. The van der Waals surface area contributed by atoms with E-state index < -0.39 is 66.2 Å². The van der Waals surface area contributed by atoms with Gasteiger partial charge in [-0.1, -0.05) is 35.3 Å². The van der Waals surface area contributed by atoms with E-state index in [2.05, 4.69) is 0 Å². The SMILES string of the molecule is N#CCCCOc1c([N+](=O)[O-])ccc(Oc2ccc([N+](=O)[O-])c(OCCCC#N)c2-c2ccc(C(F)(F)F)cc2Cl)c1-c1ccc(C(F)(F)F)cc1Cl. The molecule has 0 N–H and O–H groups in total. The smallest absolute Gasteiger partial charge is 0.416 e. The third kappa shape index (κ3) is 9.37. The summed E-state index contributed by atoms with van der Waals surface area (Å²) in [5.41, 5.74) is -4.90. The van der Waals surface area contributed by atoms with Crippen molar-refractivity contribution in [2.45, 2.75) is 38.0 Å². The lowest BCUT2D eigenvalue weighted by atomic mass is 9.99. The molecule has 19 heteroatoms. The standard InChI is InChI=1S/C34H22Cl2F6N4O7/c35-23-17-19(33(37,38)39)5-7-21(23)29-27(11-9-25(45(47)48)31(29)51-15-3-1-13-43)53-28-12-10-26(46(49)50)32(52-16-4-2-14-44)30(28)22-8-6-20(18-24(22)36)34(40,41)42/h5-12,17-18H,1-4,15-16H2. The lowest BCUT2D eigenvalue weighted by molar-refractivity contribution is -0.385. The number of halogens is 8. The molecule has 4 aromatic carbocycles. The Kier molecular flexibility index (Phi) is 12.6. The second kappa shape index (κ2) is 16.7. The predicted octanol–water partition coefficient (Wildman–Crippen LogP) is 11.3. The van der Waals surface area contributed by atoms with Gasteiger partial charge in [-0.15, -0.1) is 0 Å². The highest BCUT2D eigenvalue weighted by atomic mass is 35.5. The Morgan fingerprint density at radius 1 is 0.642 bits per heavy atom. The van der Waals surface area contributed by atoms with Crippen LogP contribution in [0.15, 0.2) is 60.7 Å². The number of ether oxygens (including phenoxy) is 3. The van der Waals surface area contributed by atoms with E-state index >= 15 is 0 Å². The van der Waals surface area contributed by atoms with Gasteiger partial charge in [0.25, 0.3) is 0 Å². The molecule has 0 aliphatic rings. The monoisotopic (exact) mass is 782 g/mol. The summed E-state index contributed by atoms with van der Waals surface area (Å²) in [4.78, 5) is 22.6. The number of alkyl halides is 6. The van der Waals surface area contributed by atoms with Crippen molar-refractivity contribution in [1.82, 2.24) is 0 Å². The van der Waals surface area contributed by atoms with E-state index in [0.717, 1.165) is 36.4 Å². The van der Waals surface area contributed by atoms with E-state index in [1.807, 2.05) is 12.1 Å². The minimum absolute atomic E-state index is 0.0302. The molecule has 11 nitrogen and oxygen atoms in total. The minimum Gasteiger partial charge on any atom is -0.486 e. The molecule has 276 valence electrons. The van der Waals surface area contributed by atoms with Gasteiger partial charge in [0.1, 0.15) is 11.5 Å². The number of rotatable bonds is 14. The first-order valence-corrected chi connectivity index (χ1v) is 15.8. The first kappa shape index (κ1) is 40.0. The zero-order valence-corrected chi connectivity index (χ0v) is 28.2. The van der Waals surface area contributed by atoms with Crippen molar-refractivity contribution >= 4 is 34.6 Å². The van der Waals surface area contributed by atoms with Crippen LogP contribution in [0.3, 0.4) is 0 Å². The summed E-state index contributed by atoms with van der Waals surface area (Å²) in [6.45, 7) is -0.568. The highest BCUT2D eigenvalue weighted by molar-refractivity contribution is 6.34. The highest BCUT2D eigenvalue weighted by Crippen LogP contribution is 2.53. The first-order valence-electron chi connectivity index (χ1n) is 15.0. The predicted molar refractivity (Wildman–Crippen MR) is 178 cm³/mol. The molecule has 0 heterocycles. The topological polar surface area (TPSA) is 162 Å². The maximum absolute atomic E-state index is 13.6. The molecule has 0 aliphatic heterocycles. The van der Waals surface area contributed by atoms with Crippen LogP contribution in [0.25, 0.3) is 22.3 Å². The zero-order valence-electron chi connectivity index (χ0n) is 26.7. The summed E-state index contributed by atoms with van der Waals surface area (Å²) in [7, 11) is 0. The van der Waals surface area contributed by atoms with Crippen LogP contribution in [0.5, 0.6) is 23.0 Å². The molecule has 0 saturated heterocycles. The molecule has 0 unspecified atom stereocenters. The van der Waals surface area contributed by atoms with Crippen LogP contribution in [0, 0.1) is 42.9 Å². The molecule has 0 bridgehead atoms. The van der Waals surface area contributed by atoms with Gasteiger partial charge in [-0.05, 0) is 49.2 Å². The molecule has 0 radical (unpaired) electrons. The fraction of sp³-hybridized carbons (Fsp3) is 0.235. The van der Waals surface area contributed by atoms with Gasteiger partial charge in [0.05, 0.1) is 57.5 Å². The second-order valence-electron chi connectivity index (χ2n) is 10.8. The number of benzene rings is 4. The molecule has 4 rings (SSSR count). The minimum atomic E-state index is -4.83. The molecular formula is C34H22Cl2F6N4O7. The maximum atomic E-state index is 13.6. The molecule has 53 heavy (non-hydrogen) atoms. The average Bonchev–Trinajstić information content (AvgIpc) is 3.08. The van der Waals surface area contributed by atoms with Crippen molar-refractivity contribution < 1.29 is 50.4 Å². The third-order valence-corrected chi connectivity index (χ3v) is 7.93. The lowest BCUT2D eigenvalue weighted by Gasteiger charge is -2.21. The number of hydrogen-bond donors (Lipinski definition) is 0. The van der Waals surface area contributed by atoms with Gasteiger partial charge in [0.15, 0.2) is 0 Å². The van der Waals surface area contributed by atoms with Crippen LogP contribution in [0.2, 0.25) is 10.0 Å². The lowest BCUT2D eigenvalue weighted by Crippen LogP contribution is -2.07. The van der Waals surface area contributed by atoms with Gasteiger partial charge in [-0.3, -0.25) is 20.2 Å². The number of hydrogen-bond acceptors (Lipinski definition) is 9. The van der Waals surface area contributed by atoms with E-state index in [1.165, 1.54) is 0 Å². The van der Waals surface area contributed by atoms with Crippen LogP contribution >= 0.6 is 23.2 Å². The van der Waals surface area contributed by atoms with Gasteiger partial charge < -0.3 is 14.2 Å². The van der Waals surface area contributed by atoms with Crippen molar-refractivity contribution in [1.29, 1.82) is 10.5 Å². The Bertz CT molecular complexity index is 1980. The Labute approximate surface area is 305 Å². The molecule has 0 fully saturated rings. The van der Waals surface area contributed by atoms with Crippen molar-refractivity contribution in [2.75, 3.05) is 13.2 Å². The molecule has 0 saturated carbocycles. The van der Waals surface area contributed by atoms with Gasteiger partial charge in [0, 0.05) is 46.1 Å². The van der Waals surface area contributed by atoms with E-state index in [1.54, 1.807) is 0 Å². The van der Waals surface area contributed by atoms with Gasteiger partial charge in [-0.2, -0.15) is 36.9 Å². The van der Waals surface area contributed by atoms with E-state index in [-0.39, 0.29) is 72.6 Å². The van der Waals surface area contributed by atoms with Crippen molar-refractivity contribution in [3.63, 3.8) is 0 Å². The van der Waals surface area contributed by atoms with E-state index in [9.17, 15) is 46.6 Å². The van der Waals surface area contributed by atoms with E-state index in [0.29, 0.717) is 24.3 Å². The van der Waals surface area contributed by atoms with Gasteiger partial charge >= 0.3 is 23.7 Å². The summed E-state index contributed by atoms with van der Waals surface area (Å²) in [5, 5.41) is 41.1. The molecule has 0 aromatic heterocycles.